The number of ether oxygens (including phenoxy) is 2. The highest BCUT2D eigenvalue weighted by atomic mass is 16.5. The Labute approximate surface area is 204 Å². The number of carbonyl (C=O) groups is 1. The fourth-order valence-corrected chi connectivity index (χ4v) is 10.0. The first-order chi connectivity index (χ1) is 16.3. The van der Waals surface area contributed by atoms with E-state index in [1.807, 2.05) is 0 Å². The van der Waals surface area contributed by atoms with E-state index < -0.39 is 5.60 Å². The maximum Gasteiger partial charge on any atom is 0.331 e. The predicted octanol–water partition coefficient (Wildman–Crippen LogP) is 3.27. The quantitative estimate of drug-likeness (QED) is 0.614. The third kappa shape index (κ3) is 3.24. The van der Waals surface area contributed by atoms with Gasteiger partial charge in [0.25, 0.3) is 0 Å². The maximum atomic E-state index is 12.4. The zero-order valence-corrected chi connectivity index (χ0v) is 21.1. The van der Waals surface area contributed by atoms with Crippen LogP contribution in [-0.2, 0) is 14.3 Å². The summed E-state index contributed by atoms with van der Waals surface area (Å²) in [6, 6.07) is 0.999. The lowest BCUT2D eigenvalue weighted by Gasteiger charge is -2.64. The van der Waals surface area contributed by atoms with E-state index >= 15 is 0 Å². The van der Waals surface area contributed by atoms with Gasteiger partial charge in [-0.3, -0.25) is 4.90 Å². The Morgan fingerprint density at radius 3 is 2.74 bits per heavy atom. The highest BCUT2D eigenvalue weighted by Crippen LogP contribution is 2.70. The van der Waals surface area contributed by atoms with Gasteiger partial charge >= 0.3 is 5.97 Å². The molecule has 0 aromatic carbocycles. The molecule has 5 fully saturated rings. The third-order valence-electron chi connectivity index (χ3n) is 12.0. The van der Waals surface area contributed by atoms with Crippen molar-refractivity contribution in [2.24, 2.45) is 40.2 Å². The lowest BCUT2D eigenvalue weighted by atomic mass is 9.43. The monoisotopic (exact) mass is 472 g/mol. The highest BCUT2D eigenvalue weighted by Gasteiger charge is 2.67. The number of cyclic esters (lactones) is 1. The van der Waals surface area contributed by atoms with Crippen LogP contribution in [0, 0.1) is 34.5 Å². The predicted molar refractivity (Wildman–Crippen MR) is 130 cm³/mol. The summed E-state index contributed by atoms with van der Waals surface area (Å²) < 4.78 is 11.0. The number of hydrogen-bond acceptors (Lipinski definition) is 6. The third-order valence-corrected chi connectivity index (χ3v) is 12.0. The summed E-state index contributed by atoms with van der Waals surface area (Å²) in [4.78, 5) is 14.5. The van der Waals surface area contributed by atoms with Crippen LogP contribution in [0.3, 0.4) is 0 Å². The molecule has 0 bridgehead atoms. The second kappa shape index (κ2) is 8.29. The van der Waals surface area contributed by atoms with Crippen molar-refractivity contribution in [2.45, 2.75) is 89.3 Å². The normalized spacial score (nSPS) is 51.3. The van der Waals surface area contributed by atoms with Gasteiger partial charge < -0.3 is 20.3 Å². The molecule has 6 nitrogen and oxygen atoms in total. The Kier molecular flexibility index (Phi) is 5.72. The molecule has 0 aromatic heterocycles. The summed E-state index contributed by atoms with van der Waals surface area (Å²) in [7, 11) is 0. The number of hydrogen-bond donors (Lipinski definition) is 2. The van der Waals surface area contributed by atoms with Crippen molar-refractivity contribution < 1.29 is 19.4 Å². The summed E-state index contributed by atoms with van der Waals surface area (Å²) >= 11 is 0. The van der Waals surface area contributed by atoms with Crippen LogP contribution in [0.25, 0.3) is 0 Å². The molecule has 3 N–H and O–H groups in total. The fourth-order valence-electron chi connectivity index (χ4n) is 10.0. The lowest BCUT2D eigenvalue weighted by molar-refractivity contribution is -0.207. The van der Waals surface area contributed by atoms with E-state index in [0.29, 0.717) is 42.5 Å². The van der Waals surface area contributed by atoms with Gasteiger partial charge in [0.2, 0.25) is 0 Å². The second-order valence-corrected chi connectivity index (χ2v) is 12.9. The van der Waals surface area contributed by atoms with E-state index in [4.69, 9.17) is 15.2 Å². The molecule has 2 aliphatic heterocycles. The SMILES string of the molecule is C[C@]12CC[C@H](N3CCOC[C@@H]3CN)C[C@H]1CC[C@@H]1[C@@H]2CC[C@]2(C)[C@@H](C3=CC(=O)OC3)CC[C@]12O. The minimum Gasteiger partial charge on any atom is -0.458 e. The number of morpholine rings is 1. The number of carbonyl (C=O) groups excluding carboxylic acids is 1. The zero-order valence-electron chi connectivity index (χ0n) is 21.1. The first-order valence-corrected chi connectivity index (χ1v) is 13.9. The van der Waals surface area contributed by atoms with Crippen LogP contribution in [0.4, 0.5) is 0 Å². The van der Waals surface area contributed by atoms with Crippen LogP contribution in [0.5, 0.6) is 0 Å². The smallest absolute Gasteiger partial charge is 0.331 e. The molecule has 4 aliphatic carbocycles. The fraction of sp³-hybridized carbons (Fsp3) is 0.893. The van der Waals surface area contributed by atoms with E-state index in [1.54, 1.807) is 6.08 Å². The molecular formula is C28H44N2O4. The van der Waals surface area contributed by atoms with Crippen LogP contribution in [-0.4, -0.2) is 66.6 Å². The van der Waals surface area contributed by atoms with Gasteiger partial charge in [-0.15, -0.1) is 0 Å². The Bertz CT molecular complexity index is 861. The first-order valence-electron chi connectivity index (χ1n) is 13.9. The van der Waals surface area contributed by atoms with Crippen molar-refractivity contribution in [3.8, 4) is 0 Å². The number of esters is 1. The Morgan fingerprint density at radius 2 is 1.97 bits per heavy atom. The molecule has 0 amide bonds. The Morgan fingerprint density at radius 1 is 1.12 bits per heavy atom. The van der Waals surface area contributed by atoms with Gasteiger partial charge in [-0.05, 0) is 92.4 Å². The molecule has 190 valence electrons. The van der Waals surface area contributed by atoms with Crippen LogP contribution in [0.2, 0.25) is 0 Å². The first kappa shape index (κ1) is 23.4. The standard InChI is InChI=1S/C28H44N2O4/c1-26-8-5-20(30-11-12-33-17-21(30)15-29)14-19(26)3-4-24-23(26)6-9-27(2)22(7-10-28(24,27)32)18-13-25(31)34-16-18/h13,19-24,32H,3-12,14-17,29H2,1-2H3/t19-,20+,21+,22-,23+,24-,26+,27-,28+/m1/s1. The lowest BCUT2D eigenvalue weighted by Crippen LogP contribution is -2.63. The average Bonchev–Trinajstić information content (AvgIpc) is 3.38. The minimum atomic E-state index is -0.618. The highest BCUT2D eigenvalue weighted by molar-refractivity contribution is 5.85. The molecule has 2 heterocycles. The molecule has 6 heteroatoms. The number of aliphatic hydroxyl groups is 1. The van der Waals surface area contributed by atoms with Crippen LogP contribution in [0.15, 0.2) is 11.6 Å². The summed E-state index contributed by atoms with van der Waals surface area (Å²) in [5.41, 5.74) is 6.80. The van der Waals surface area contributed by atoms with Gasteiger partial charge in [0.1, 0.15) is 6.61 Å². The van der Waals surface area contributed by atoms with Crippen molar-refractivity contribution >= 4 is 5.97 Å². The molecule has 0 unspecified atom stereocenters. The van der Waals surface area contributed by atoms with E-state index in [1.165, 1.54) is 32.1 Å². The average molecular weight is 473 g/mol. The summed E-state index contributed by atoms with van der Waals surface area (Å²) in [6.07, 6.45) is 12.0. The van der Waals surface area contributed by atoms with Crippen molar-refractivity contribution in [1.82, 2.24) is 4.90 Å². The summed E-state index contributed by atoms with van der Waals surface area (Å²) in [5, 5.41) is 12.4. The van der Waals surface area contributed by atoms with Gasteiger partial charge in [-0.25, -0.2) is 4.79 Å². The van der Waals surface area contributed by atoms with Gasteiger partial charge in [-0.1, -0.05) is 13.8 Å². The minimum absolute atomic E-state index is 0.142. The van der Waals surface area contributed by atoms with E-state index in [9.17, 15) is 9.90 Å². The van der Waals surface area contributed by atoms with E-state index in [-0.39, 0.29) is 17.3 Å². The van der Waals surface area contributed by atoms with Crippen LogP contribution >= 0.6 is 0 Å². The van der Waals surface area contributed by atoms with Gasteiger partial charge in [0.05, 0.1) is 18.8 Å². The zero-order chi connectivity index (χ0) is 23.7. The summed E-state index contributed by atoms with van der Waals surface area (Å²) in [6.45, 7) is 8.62. The largest absolute Gasteiger partial charge is 0.458 e. The molecule has 0 aromatic rings. The van der Waals surface area contributed by atoms with Crippen LogP contribution < -0.4 is 5.73 Å². The van der Waals surface area contributed by atoms with E-state index in [2.05, 4.69) is 18.7 Å². The number of nitrogens with two attached hydrogens (primary N) is 1. The molecule has 9 atom stereocenters. The number of fused-ring (bicyclic) bond motifs is 5. The molecule has 6 rings (SSSR count). The molecule has 6 aliphatic rings. The number of rotatable bonds is 3. The Hall–Kier alpha value is -0.950. The van der Waals surface area contributed by atoms with Crippen molar-refractivity contribution in [3.63, 3.8) is 0 Å². The topological polar surface area (TPSA) is 85.0 Å². The maximum absolute atomic E-state index is 12.4. The number of nitrogens with zero attached hydrogens (tertiary/aromatic N) is 1. The summed E-state index contributed by atoms with van der Waals surface area (Å²) in [5.74, 6) is 1.80. The van der Waals surface area contributed by atoms with Gasteiger partial charge in [0.15, 0.2) is 0 Å². The molecule has 1 saturated heterocycles. The van der Waals surface area contributed by atoms with Crippen molar-refractivity contribution in [2.75, 3.05) is 32.9 Å². The molecule has 0 radical (unpaired) electrons. The molecule has 4 saturated carbocycles. The van der Waals surface area contributed by atoms with Gasteiger partial charge in [0, 0.05) is 36.7 Å². The van der Waals surface area contributed by atoms with Crippen molar-refractivity contribution in [3.05, 3.63) is 11.6 Å². The second-order valence-electron chi connectivity index (χ2n) is 12.9. The van der Waals surface area contributed by atoms with Crippen LogP contribution in [0.1, 0.15) is 71.6 Å². The van der Waals surface area contributed by atoms with Gasteiger partial charge in [-0.2, -0.15) is 0 Å². The molecule has 34 heavy (non-hydrogen) atoms. The van der Waals surface area contributed by atoms with E-state index in [0.717, 1.165) is 56.9 Å². The molecular weight excluding hydrogens is 428 g/mol. The Balaban J connectivity index is 1.22. The van der Waals surface area contributed by atoms with Crippen molar-refractivity contribution in [1.29, 1.82) is 0 Å². The molecule has 0 spiro atoms.